The van der Waals surface area contributed by atoms with Crippen molar-refractivity contribution in [2.24, 2.45) is 0 Å². The van der Waals surface area contributed by atoms with Gasteiger partial charge >= 0.3 is 0 Å². The second-order valence-corrected chi connectivity index (χ2v) is 5.76. The predicted octanol–water partition coefficient (Wildman–Crippen LogP) is 3.70. The van der Waals surface area contributed by atoms with Crippen LogP contribution in [0.4, 0.5) is 0 Å². The molecule has 0 unspecified atom stereocenters. The monoisotopic (exact) mass is 341 g/mol. The van der Waals surface area contributed by atoms with Gasteiger partial charge in [0.1, 0.15) is 12.2 Å². The summed E-state index contributed by atoms with van der Waals surface area (Å²) >= 11 is 9.39. The summed E-state index contributed by atoms with van der Waals surface area (Å²) in [6, 6.07) is 5.39. The zero-order valence-electron chi connectivity index (χ0n) is 10.6. The van der Waals surface area contributed by atoms with Crippen molar-refractivity contribution < 1.29 is 4.79 Å². The first-order chi connectivity index (χ1) is 8.99. The third-order valence-corrected chi connectivity index (χ3v) is 3.49. The average molecular weight is 343 g/mol. The van der Waals surface area contributed by atoms with Crippen LogP contribution in [0.1, 0.15) is 36.1 Å². The summed E-state index contributed by atoms with van der Waals surface area (Å²) in [5.74, 6) is 0.589. The van der Waals surface area contributed by atoms with Crippen LogP contribution < -0.4 is 0 Å². The zero-order valence-corrected chi connectivity index (χ0v) is 12.9. The number of carbonyl (C=O) groups is 1. The molecule has 0 atom stereocenters. The Hall–Kier alpha value is -1.20. The summed E-state index contributed by atoms with van der Waals surface area (Å²) in [4.78, 5) is 16.4. The molecule has 6 heteroatoms. The molecule has 1 heterocycles. The topological polar surface area (TPSA) is 47.8 Å². The van der Waals surface area contributed by atoms with Crippen LogP contribution in [0, 0.1) is 0 Å². The third kappa shape index (κ3) is 3.22. The normalized spacial score (nSPS) is 11.0. The summed E-state index contributed by atoms with van der Waals surface area (Å²) in [5, 5.41) is 4.55. The fourth-order valence-electron chi connectivity index (χ4n) is 1.79. The van der Waals surface area contributed by atoms with Gasteiger partial charge in [-0.05, 0) is 32.0 Å². The molecule has 2 aromatic rings. The number of hydrogen-bond donors (Lipinski definition) is 0. The number of ketones is 1. The number of hydrogen-bond acceptors (Lipinski definition) is 3. The summed E-state index contributed by atoms with van der Waals surface area (Å²) in [7, 11) is 0. The van der Waals surface area contributed by atoms with E-state index in [2.05, 4.69) is 26.0 Å². The van der Waals surface area contributed by atoms with Crippen LogP contribution in [0.5, 0.6) is 0 Å². The minimum atomic E-state index is -0.0626. The van der Waals surface area contributed by atoms with Crippen LogP contribution in [0.25, 0.3) is 0 Å². The van der Waals surface area contributed by atoms with Crippen molar-refractivity contribution in [2.45, 2.75) is 26.3 Å². The van der Waals surface area contributed by atoms with Gasteiger partial charge in [-0.2, -0.15) is 5.10 Å². The first kappa shape index (κ1) is 14.2. The zero-order chi connectivity index (χ0) is 14.0. The van der Waals surface area contributed by atoms with E-state index in [-0.39, 0.29) is 18.2 Å². The lowest BCUT2D eigenvalue weighted by atomic mass is 10.1. The van der Waals surface area contributed by atoms with Gasteiger partial charge in [-0.3, -0.25) is 4.79 Å². The lowest BCUT2D eigenvalue weighted by Crippen LogP contribution is -2.13. The predicted molar refractivity (Wildman–Crippen MR) is 77.6 cm³/mol. The standard InChI is InChI=1S/C13H13BrClN3O/c1-8(2)18-13(16-7-17-18)6-12(19)10-4-3-9(14)5-11(10)15/h3-5,7-8H,6H2,1-2H3. The van der Waals surface area contributed by atoms with Crippen molar-refractivity contribution in [1.82, 2.24) is 14.8 Å². The largest absolute Gasteiger partial charge is 0.294 e. The lowest BCUT2D eigenvalue weighted by molar-refractivity contribution is 0.0989. The van der Waals surface area contributed by atoms with Crippen molar-refractivity contribution in [2.75, 3.05) is 0 Å². The van der Waals surface area contributed by atoms with E-state index in [1.165, 1.54) is 6.33 Å². The van der Waals surface area contributed by atoms with Crippen LogP contribution in [0.15, 0.2) is 29.0 Å². The average Bonchev–Trinajstić information content (AvgIpc) is 2.76. The molecule has 2 rings (SSSR count). The molecule has 0 amide bonds. The van der Waals surface area contributed by atoms with Gasteiger partial charge < -0.3 is 0 Å². The van der Waals surface area contributed by atoms with E-state index in [9.17, 15) is 4.79 Å². The number of nitrogens with zero attached hydrogens (tertiary/aromatic N) is 3. The van der Waals surface area contributed by atoms with Gasteiger partial charge in [0.15, 0.2) is 5.78 Å². The summed E-state index contributed by atoms with van der Waals surface area (Å²) in [5.41, 5.74) is 0.503. The highest BCUT2D eigenvalue weighted by Crippen LogP contribution is 2.22. The SMILES string of the molecule is CC(C)n1ncnc1CC(=O)c1ccc(Br)cc1Cl. The molecule has 1 aromatic carbocycles. The molecule has 0 saturated heterocycles. The van der Waals surface area contributed by atoms with E-state index in [0.717, 1.165) is 4.47 Å². The van der Waals surface area contributed by atoms with E-state index >= 15 is 0 Å². The Bertz CT molecular complexity index is 610. The maximum absolute atomic E-state index is 12.2. The molecule has 1 aromatic heterocycles. The van der Waals surface area contributed by atoms with Gasteiger partial charge in [0.25, 0.3) is 0 Å². The summed E-state index contributed by atoms with van der Waals surface area (Å²) in [6.45, 7) is 3.99. The molecule has 0 spiro atoms. The molecule has 0 N–H and O–H groups in total. The smallest absolute Gasteiger partial charge is 0.171 e. The lowest BCUT2D eigenvalue weighted by Gasteiger charge is -2.09. The molecule has 0 aliphatic rings. The molecular formula is C13H13BrClN3O. The number of benzene rings is 1. The molecule has 100 valence electrons. The summed E-state index contributed by atoms with van der Waals surface area (Å²) in [6.07, 6.45) is 1.66. The molecule has 0 fully saturated rings. The van der Waals surface area contributed by atoms with Crippen molar-refractivity contribution >= 4 is 33.3 Å². The van der Waals surface area contributed by atoms with Crippen LogP contribution in [-0.2, 0) is 6.42 Å². The summed E-state index contributed by atoms with van der Waals surface area (Å²) < 4.78 is 2.59. The molecular weight excluding hydrogens is 330 g/mol. The van der Waals surface area contributed by atoms with E-state index < -0.39 is 0 Å². The van der Waals surface area contributed by atoms with Crippen LogP contribution in [0.2, 0.25) is 5.02 Å². The van der Waals surface area contributed by atoms with E-state index in [4.69, 9.17) is 11.6 Å². The first-order valence-electron chi connectivity index (χ1n) is 5.85. The second kappa shape index (κ2) is 5.84. The second-order valence-electron chi connectivity index (χ2n) is 4.44. The van der Waals surface area contributed by atoms with E-state index in [1.807, 2.05) is 13.8 Å². The molecule has 0 aliphatic heterocycles. The Kier molecular flexibility index (Phi) is 4.37. The molecule has 0 aliphatic carbocycles. The number of carbonyl (C=O) groups excluding carboxylic acids is 1. The van der Waals surface area contributed by atoms with Crippen molar-refractivity contribution in [3.8, 4) is 0 Å². The Morgan fingerprint density at radius 1 is 1.47 bits per heavy atom. The highest BCUT2D eigenvalue weighted by atomic mass is 79.9. The third-order valence-electron chi connectivity index (χ3n) is 2.69. The minimum absolute atomic E-state index is 0.0626. The molecule has 0 bridgehead atoms. The minimum Gasteiger partial charge on any atom is -0.294 e. The highest BCUT2D eigenvalue weighted by Gasteiger charge is 2.16. The Labute approximate surface area is 124 Å². The molecule has 0 saturated carbocycles. The van der Waals surface area contributed by atoms with Gasteiger partial charge in [-0.1, -0.05) is 27.5 Å². The maximum atomic E-state index is 12.2. The van der Waals surface area contributed by atoms with Gasteiger partial charge in [-0.25, -0.2) is 9.67 Å². The van der Waals surface area contributed by atoms with Gasteiger partial charge in [0, 0.05) is 16.1 Å². The molecule has 0 radical (unpaired) electrons. The maximum Gasteiger partial charge on any atom is 0.171 e. The highest BCUT2D eigenvalue weighted by molar-refractivity contribution is 9.10. The van der Waals surface area contributed by atoms with Crippen molar-refractivity contribution in [3.63, 3.8) is 0 Å². The van der Waals surface area contributed by atoms with Crippen molar-refractivity contribution in [1.29, 1.82) is 0 Å². The number of Topliss-reactive ketones (excluding diaryl/α,β-unsaturated/α-hetero) is 1. The van der Waals surface area contributed by atoms with E-state index in [0.29, 0.717) is 16.4 Å². The fourth-order valence-corrected chi connectivity index (χ4v) is 2.57. The Balaban J connectivity index is 2.23. The number of aromatic nitrogens is 3. The molecule has 4 nitrogen and oxygen atoms in total. The molecule has 19 heavy (non-hydrogen) atoms. The van der Waals surface area contributed by atoms with Crippen LogP contribution >= 0.6 is 27.5 Å². The fraction of sp³-hybridized carbons (Fsp3) is 0.308. The van der Waals surface area contributed by atoms with Gasteiger partial charge in [-0.15, -0.1) is 0 Å². The number of halogens is 2. The van der Waals surface area contributed by atoms with Crippen LogP contribution in [-0.4, -0.2) is 20.5 Å². The van der Waals surface area contributed by atoms with Crippen molar-refractivity contribution in [3.05, 3.63) is 45.4 Å². The van der Waals surface area contributed by atoms with Gasteiger partial charge in [0.05, 0.1) is 11.4 Å². The number of rotatable bonds is 4. The first-order valence-corrected chi connectivity index (χ1v) is 7.02. The Morgan fingerprint density at radius 3 is 2.84 bits per heavy atom. The Morgan fingerprint density at radius 2 is 2.21 bits per heavy atom. The van der Waals surface area contributed by atoms with Crippen LogP contribution in [0.3, 0.4) is 0 Å². The quantitative estimate of drug-likeness (QED) is 0.796. The van der Waals surface area contributed by atoms with Gasteiger partial charge in [0.2, 0.25) is 0 Å². The van der Waals surface area contributed by atoms with E-state index in [1.54, 1.807) is 22.9 Å².